The molecule has 0 N–H and O–H groups in total. The van der Waals surface area contributed by atoms with E-state index in [0.29, 0.717) is 30.9 Å². The lowest BCUT2D eigenvalue weighted by Gasteiger charge is -2.41. The van der Waals surface area contributed by atoms with Gasteiger partial charge in [-0.3, -0.25) is 9.59 Å². The fraction of sp³-hybridized carbons (Fsp3) is 0.290. The molecule has 1 aliphatic carbocycles. The Labute approximate surface area is 216 Å². The first-order chi connectivity index (χ1) is 18.0. The molecular formula is C31H30O6. The Morgan fingerprint density at radius 3 is 2.08 bits per heavy atom. The number of ether oxygens (including phenoxy) is 4. The van der Waals surface area contributed by atoms with Crippen molar-refractivity contribution in [1.29, 1.82) is 0 Å². The Hall–Kier alpha value is -3.58. The molecule has 5 rings (SSSR count). The summed E-state index contributed by atoms with van der Waals surface area (Å²) < 4.78 is 24.9. The van der Waals surface area contributed by atoms with E-state index in [0.717, 1.165) is 16.7 Å². The van der Waals surface area contributed by atoms with Gasteiger partial charge in [0.15, 0.2) is 11.6 Å². The highest BCUT2D eigenvalue weighted by Gasteiger charge is 2.40. The van der Waals surface area contributed by atoms with Crippen molar-refractivity contribution in [3.63, 3.8) is 0 Å². The molecule has 190 valence electrons. The highest BCUT2D eigenvalue weighted by atomic mass is 16.6. The third kappa shape index (κ3) is 5.42. The summed E-state index contributed by atoms with van der Waals surface area (Å²) in [6.45, 7) is 2.86. The molecule has 0 amide bonds. The largest absolute Gasteiger partial charge is 0.496 e. The molecule has 6 nitrogen and oxygen atoms in total. The Kier molecular flexibility index (Phi) is 7.60. The lowest BCUT2D eigenvalue weighted by atomic mass is 9.87. The van der Waals surface area contributed by atoms with Crippen molar-refractivity contribution in [1.82, 2.24) is 0 Å². The maximum Gasteiger partial charge on any atom is 0.190 e. The summed E-state index contributed by atoms with van der Waals surface area (Å²) in [5, 5.41) is 0. The van der Waals surface area contributed by atoms with E-state index >= 15 is 0 Å². The fourth-order valence-corrected chi connectivity index (χ4v) is 5.04. The number of benzene rings is 3. The number of carbonyl (C=O) groups is 2. The van der Waals surface area contributed by atoms with E-state index in [9.17, 15) is 9.59 Å². The van der Waals surface area contributed by atoms with E-state index in [2.05, 4.69) is 0 Å². The van der Waals surface area contributed by atoms with Crippen LogP contribution in [-0.4, -0.2) is 37.0 Å². The van der Waals surface area contributed by atoms with Crippen molar-refractivity contribution >= 4 is 11.6 Å². The average Bonchev–Trinajstić information content (AvgIpc) is 2.93. The SMILES string of the molecule is COc1c([C@H]2C[C@@H](OCc3ccccc3)[C@H](OCc3ccccc3)[C@@H](C)O2)ccc2c1C(=O)C=CC2=O. The predicted octanol–water partition coefficient (Wildman–Crippen LogP) is 5.65. The summed E-state index contributed by atoms with van der Waals surface area (Å²) >= 11 is 0. The minimum absolute atomic E-state index is 0.212. The van der Waals surface area contributed by atoms with E-state index in [1.807, 2.05) is 73.7 Å². The molecule has 3 aromatic rings. The third-order valence-corrected chi connectivity index (χ3v) is 6.88. The molecule has 1 heterocycles. The summed E-state index contributed by atoms with van der Waals surface area (Å²) in [6, 6.07) is 23.5. The zero-order chi connectivity index (χ0) is 25.8. The number of allylic oxidation sites excluding steroid dienone is 2. The Morgan fingerprint density at radius 2 is 1.43 bits per heavy atom. The van der Waals surface area contributed by atoms with Crippen LogP contribution in [0.3, 0.4) is 0 Å². The Morgan fingerprint density at radius 1 is 0.811 bits per heavy atom. The minimum atomic E-state index is -0.401. The molecule has 1 aliphatic heterocycles. The lowest BCUT2D eigenvalue weighted by Crippen LogP contribution is -2.47. The molecular weight excluding hydrogens is 468 g/mol. The molecule has 0 aromatic heterocycles. The summed E-state index contributed by atoms with van der Waals surface area (Å²) in [4.78, 5) is 25.1. The fourth-order valence-electron chi connectivity index (χ4n) is 5.04. The predicted molar refractivity (Wildman–Crippen MR) is 139 cm³/mol. The van der Waals surface area contributed by atoms with Gasteiger partial charge in [-0.15, -0.1) is 0 Å². The first kappa shape index (κ1) is 25.1. The Balaban J connectivity index is 1.42. The van der Waals surface area contributed by atoms with Gasteiger partial charge in [0, 0.05) is 17.5 Å². The molecule has 6 heteroatoms. The number of fused-ring (bicyclic) bond motifs is 1. The molecule has 0 spiro atoms. The van der Waals surface area contributed by atoms with Gasteiger partial charge >= 0.3 is 0 Å². The topological polar surface area (TPSA) is 71.1 Å². The zero-order valence-electron chi connectivity index (χ0n) is 21.0. The van der Waals surface area contributed by atoms with Gasteiger partial charge in [0.1, 0.15) is 11.9 Å². The van der Waals surface area contributed by atoms with Crippen molar-refractivity contribution in [3.8, 4) is 5.75 Å². The standard InChI is InChI=1S/C31H30O6/c1-20-30(36-19-22-11-7-4-8-12-22)28(35-18-21-9-5-3-6-10-21)17-27(37-20)24-14-13-23-25(32)15-16-26(33)29(23)31(24)34-2/h3-16,20,27-28,30H,17-19H2,1-2H3/t20-,27-,28-,30-/m1/s1. The third-order valence-electron chi connectivity index (χ3n) is 6.88. The van der Waals surface area contributed by atoms with Crippen LogP contribution in [-0.2, 0) is 27.4 Å². The quantitative estimate of drug-likeness (QED) is 0.400. The number of methoxy groups -OCH3 is 1. The molecule has 0 bridgehead atoms. The van der Waals surface area contributed by atoms with E-state index < -0.39 is 6.10 Å². The number of rotatable bonds is 8. The molecule has 3 aromatic carbocycles. The van der Waals surface area contributed by atoms with Gasteiger partial charge in [0.05, 0.1) is 44.2 Å². The summed E-state index contributed by atoms with van der Waals surface area (Å²) in [5.74, 6) is -0.0863. The van der Waals surface area contributed by atoms with Crippen LogP contribution in [0.5, 0.6) is 5.75 Å². The molecule has 0 unspecified atom stereocenters. The monoisotopic (exact) mass is 498 g/mol. The smallest absolute Gasteiger partial charge is 0.190 e. The van der Waals surface area contributed by atoms with Crippen LogP contribution in [0.1, 0.15) is 56.9 Å². The first-order valence-electron chi connectivity index (χ1n) is 12.5. The van der Waals surface area contributed by atoms with Gasteiger partial charge in [-0.25, -0.2) is 0 Å². The van der Waals surface area contributed by atoms with E-state index in [1.54, 1.807) is 6.07 Å². The Bertz CT molecular complexity index is 1280. The van der Waals surface area contributed by atoms with Crippen LogP contribution in [0.25, 0.3) is 0 Å². The van der Waals surface area contributed by atoms with Crippen molar-refractivity contribution in [2.45, 2.75) is 51.0 Å². The van der Waals surface area contributed by atoms with Gasteiger partial charge in [-0.05, 0) is 36.3 Å². The number of hydrogen-bond donors (Lipinski definition) is 0. The van der Waals surface area contributed by atoms with E-state index in [-0.39, 0.29) is 35.4 Å². The highest BCUT2D eigenvalue weighted by molar-refractivity contribution is 6.23. The molecule has 0 radical (unpaired) electrons. The average molecular weight is 499 g/mol. The summed E-state index contributed by atoms with van der Waals surface area (Å²) in [7, 11) is 1.51. The van der Waals surface area contributed by atoms with Crippen molar-refractivity contribution < 1.29 is 28.5 Å². The van der Waals surface area contributed by atoms with E-state index in [1.165, 1.54) is 19.3 Å². The summed E-state index contributed by atoms with van der Waals surface area (Å²) in [5.41, 5.74) is 3.50. The normalized spacial score (nSPS) is 23.1. The van der Waals surface area contributed by atoms with Crippen LogP contribution in [0.2, 0.25) is 0 Å². The molecule has 1 saturated heterocycles. The molecule has 1 fully saturated rings. The number of hydrogen-bond acceptors (Lipinski definition) is 6. The van der Waals surface area contributed by atoms with E-state index in [4.69, 9.17) is 18.9 Å². The first-order valence-corrected chi connectivity index (χ1v) is 12.5. The van der Waals surface area contributed by atoms with Gasteiger partial charge in [0.2, 0.25) is 0 Å². The van der Waals surface area contributed by atoms with Crippen molar-refractivity contribution in [2.75, 3.05) is 7.11 Å². The maximum atomic E-state index is 12.7. The second-order valence-electron chi connectivity index (χ2n) is 9.33. The van der Waals surface area contributed by atoms with Crippen LogP contribution < -0.4 is 4.74 Å². The van der Waals surface area contributed by atoms with Crippen LogP contribution in [0.4, 0.5) is 0 Å². The molecule has 4 atom stereocenters. The van der Waals surface area contributed by atoms with Crippen molar-refractivity contribution in [3.05, 3.63) is 113 Å². The highest BCUT2D eigenvalue weighted by Crippen LogP contribution is 2.42. The van der Waals surface area contributed by atoms with Gasteiger partial charge in [-0.2, -0.15) is 0 Å². The number of carbonyl (C=O) groups excluding carboxylic acids is 2. The van der Waals surface area contributed by atoms with Crippen LogP contribution in [0, 0.1) is 0 Å². The summed E-state index contributed by atoms with van der Waals surface area (Å²) in [6.07, 6.45) is 1.84. The van der Waals surface area contributed by atoms with Gasteiger partial charge in [0.25, 0.3) is 0 Å². The second-order valence-corrected chi connectivity index (χ2v) is 9.33. The van der Waals surface area contributed by atoms with Crippen LogP contribution >= 0.6 is 0 Å². The lowest BCUT2D eigenvalue weighted by molar-refractivity contribution is -0.204. The minimum Gasteiger partial charge on any atom is -0.496 e. The van der Waals surface area contributed by atoms with Crippen LogP contribution in [0.15, 0.2) is 84.9 Å². The molecule has 2 aliphatic rings. The number of ketones is 2. The van der Waals surface area contributed by atoms with Crippen molar-refractivity contribution in [2.24, 2.45) is 0 Å². The second kappa shape index (κ2) is 11.2. The molecule has 0 saturated carbocycles. The molecule has 37 heavy (non-hydrogen) atoms. The van der Waals surface area contributed by atoms with Gasteiger partial charge < -0.3 is 18.9 Å². The van der Waals surface area contributed by atoms with Gasteiger partial charge in [-0.1, -0.05) is 66.7 Å². The zero-order valence-corrected chi connectivity index (χ0v) is 21.0. The maximum absolute atomic E-state index is 12.7.